The topological polar surface area (TPSA) is 38.8 Å². The Hall–Kier alpha value is -1.97. The lowest BCUT2D eigenvalue weighted by Crippen LogP contribution is -2.41. The number of rotatable bonds is 2. The van der Waals surface area contributed by atoms with Crippen molar-refractivity contribution < 1.29 is 14.3 Å². The van der Waals surface area contributed by atoms with Gasteiger partial charge in [-0.2, -0.15) is 0 Å². The second-order valence-electron chi connectivity index (χ2n) is 6.14. The lowest BCUT2D eigenvalue weighted by atomic mass is 9.92. The summed E-state index contributed by atoms with van der Waals surface area (Å²) in [7, 11) is 0. The van der Waals surface area contributed by atoms with Crippen molar-refractivity contribution >= 4 is 12.0 Å². The summed E-state index contributed by atoms with van der Waals surface area (Å²) in [6, 6.07) is 5.70. The van der Waals surface area contributed by atoms with Crippen molar-refractivity contribution in [2.75, 3.05) is 19.9 Å². The number of likely N-dealkylation sites (tertiary alicyclic amines) is 1. The van der Waals surface area contributed by atoms with Gasteiger partial charge in [0.15, 0.2) is 11.5 Å². The summed E-state index contributed by atoms with van der Waals surface area (Å²) < 4.78 is 10.6. The number of amides is 1. The van der Waals surface area contributed by atoms with Gasteiger partial charge < -0.3 is 14.4 Å². The van der Waals surface area contributed by atoms with E-state index in [9.17, 15) is 4.79 Å². The molecule has 2 aliphatic rings. The normalized spacial score (nSPS) is 24.6. The maximum atomic E-state index is 12.3. The summed E-state index contributed by atoms with van der Waals surface area (Å²) in [4.78, 5) is 14.2. The van der Waals surface area contributed by atoms with E-state index in [-0.39, 0.29) is 12.7 Å². The maximum absolute atomic E-state index is 12.3. The van der Waals surface area contributed by atoms with Crippen molar-refractivity contribution in [3.8, 4) is 11.5 Å². The number of benzene rings is 1. The second kappa shape index (κ2) is 5.80. The number of fused-ring (bicyclic) bond motifs is 1. The molecule has 0 N–H and O–H groups in total. The molecule has 0 unspecified atom stereocenters. The third kappa shape index (κ3) is 3.20. The molecule has 0 spiro atoms. The number of ether oxygens (including phenoxy) is 2. The van der Waals surface area contributed by atoms with Gasteiger partial charge in [0.05, 0.1) is 0 Å². The van der Waals surface area contributed by atoms with E-state index in [0.29, 0.717) is 11.8 Å². The Labute approximate surface area is 125 Å². The van der Waals surface area contributed by atoms with Crippen LogP contribution in [0.3, 0.4) is 0 Å². The molecule has 0 bridgehead atoms. The molecule has 0 aliphatic carbocycles. The van der Waals surface area contributed by atoms with Crippen molar-refractivity contribution in [3.05, 3.63) is 29.8 Å². The van der Waals surface area contributed by atoms with E-state index in [0.717, 1.165) is 30.2 Å². The summed E-state index contributed by atoms with van der Waals surface area (Å²) >= 11 is 0. The Balaban J connectivity index is 1.66. The van der Waals surface area contributed by atoms with E-state index in [1.54, 1.807) is 6.08 Å². The molecule has 1 aromatic rings. The van der Waals surface area contributed by atoms with Crippen molar-refractivity contribution in [1.82, 2.24) is 4.90 Å². The minimum absolute atomic E-state index is 0.0890. The standard InChI is InChI=1S/C17H21NO3/c1-12-7-13(2)10-18(9-12)17(19)6-4-14-3-5-15-16(8-14)21-11-20-15/h3-6,8,12-13H,7,9-11H2,1-2H3/b6-4+/t12-,13-/m0/s1. The number of carbonyl (C=O) groups excluding carboxylic acids is 1. The second-order valence-corrected chi connectivity index (χ2v) is 6.14. The van der Waals surface area contributed by atoms with Crippen LogP contribution in [-0.2, 0) is 4.79 Å². The molecule has 2 aliphatic heterocycles. The largest absolute Gasteiger partial charge is 0.454 e. The van der Waals surface area contributed by atoms with E-state index >= 15 is 0 Å². The molecule has 4 heteroatoms. The van der Waals surface area contributed by atoms with Crippen LogP contribution in [0.5, 0.6) is 11.5 Å². The highest BCUT2D eigenvalue weighted by Gasteiger charge is 2.24. The first-order chi connectivity index (χ1) is 10.1. The van der Waals surface area contributed by atoms with Gasteiger partial charge in [-0.15, -0.1) is 0 Å². The van der Waals surface area contributed by atoms with Gasteiger partial charge in [-0.1, -0.05) is 19.9 Å². The first-order valence-corrected chi connectivity index (χ1v) is 7.48. The summed E-state index contributed by atoms with van der Waals surface area (Å²) in [5.41, 5.74) is 0.950. The Bertz CT molecular complexity index is 557. The minimum atomic E-state index is 0.0890. The predicted octanol–water partition coefficient (Wildman–Crippen LogP) is 2.93. The monoisotopic (exact) mass is 287 g/mol. The first kappa shape index (κ1) is 14.0. The van der Waals surface area contributed by atoms with Gasteiger partial charge in [-0.25, -0.2) is 0 Å². The Morgan fingerprint density at radius 2 is 1.90 bits per heavy atom. The fourth-order valence-electron chi connectivity index (χ4n) is 3.13. The fraction of sp³-hybridized carbons (Fsp3) is 0.471. The lowest BCUT2D eigenvalue weighted by Gasteiger charge is -2.34. The zero-order valence-corrected chi connectivity index (χ0v) is 12.5. The summed E-state index contributed by atoms with van der Waals surface area (Å²) in [6.45, 7) is 6.39. The van der Waals surface area contributed by atoms with E-state index in [1.807, 2.05) is 29.2 Å². The van der Waals surface area contributed by atoms with Crippen LogP contribution in [0.4, 0.5) is 0 Å². The van der Waals surface area contributed by atoms with Gasteiger partial charge in [0, 0.05) is 19.2 Å². The zero-order valence-electron chi connectivity index (χ0n) is 12.5. The van der Waals surface area contributed by atoms with Crippen molar-refractivity contribution in [2.45, 2.75) is 20.3 Å². The molecule has 21 heavy (non-hydrogen) atoms. The minimum Gasteiger partial charge on any atom is -0.454 e. The number of piperidine rings is 1. The van der Waals surface area contributed by atoms with Crippen LogP contribution in [-0.4, -0.2) is 30.7 Å². The third-order valence-corrected chi connectivity index (χ3v) is 4.00. The van der Waals surface area contributed by atoms with E-state index < -0.39 is 0 Å². The molecule has 1 aromatic carbocycles. The van der Waals surface area contributed by atoms with Crippen LogP contribution >= 0.6 is 0 Å². The van der Waals surface area contributed by atoms with Crippen molar-refractivity contribution in [3.63, 3.8) is 0 Å². The Morgan fingerprint density at radius 1 is 1.19 bits per heavy atom. The molecule has 2 atom stereocenters. The average molecular weight is 287 g/mol. The molecular weight excluding hydrogens is 266 g/mol. The molecule has 4 nitrogen and oxygen atoms in total. The molecule has 2 heterocycles. The Kier molecular flexibility index (Phi) is 3.86. The van der Waals surface area contributed by atoms with Gasteiger partial charge in [0.2, 0.25) is 12.7 Å². The third-order valence-electron chi connectivity index (χ3n) is 4.00. The first-order valence-electron chi connectivity index (χ1n) is 7.48. The number of hydrogen-bond acceptors (Lipinski definition) is 3. The van der Waals surface area contributed by atoms with E-state index in [2.05, 4.69) is 13.8 Å². The van der Waals surface area contributed by atoms with Crippen LogP contribution in [0, 0.1) is 11.8 Å². The summed E-state index contributed by atoms with van der Waals surface area (Å²) in [5, 5.41) is 0. The van der Waals surface area contributed by atoms with Crippen molar-refractivity contribution in [2.24, 2.45) is 11.8 Å². The van der Waals surface area contributed by atoms with Gasteiger partial charge >= 0.3 is 0 Å². The summed E-state index contributed by atoms with van der Waals surface area (Å²) in [6.07, 6.45) is 4.70. The van der Waals surface area contributed by atoms with Gasteiger partial charge in [0.1, 0.15) is 0 Å². The van der Waals surface area contributed by atoms with E-state index in [4.69, 9.17) is 9.47 Å². The molecule has 0 saturated carbocycles. The molecule has 1 amide bonds. The van der Waals surface area contributed by atoms with Crippen LogP contribution < -0.4 is 9.47 Å². The fourth-order valence-corrected chi connectivity index (χ4v) is 3.13. The highest BCUT2D eigenvalue weighted by Crippen LogP contribution is 2.32. The molecule has 0 radical (unpaired) electrons. The number of carbonyl (C=O) groups is 1. The smallest absolute Gasteiger partial charge is 0.246 e. The molecule has 3 rings (SSSR count). The summed E-state index contributed by atoms with van der Waals surface area (Å²) in [5.74, 6) is 2.75. The molecule has 0 aromatic heterocycles. The molecular formula is C17H21NO3. The quantitative estimate of drug-likeness (QED) is 0.785. The van der Waals surface area contributed by atoms with Crippen LogP contribution in [0.1, 0.15) is 25.8 Å². The van der Waals surface area contributed by atoms with Gasteiger partial charge in [-0.05, 0) is 42.0 Å². The maximum Gasteiger partial charge on any atom is 0.246 e. The van der Waals surface area contributed by atoms with Gasteiger partial charge in [-0.3, -0.25) is 4.79 Å². The molecule has 1 fully saturated rings. The van der Waals surface area contributed by atoms with E-state index in [1.165, 1.54) is 6.42 Å². The molecule has 1 saturated heterocycles. The van der Waals surface area contributed by atoms with Gasteiger partial charge in [0.25, 0.3) is 0 Å². The zero-order chi connectivity index (χ0) is 14.8. The van der Waals surface area contributed by atoms with Crippen LogP contribution in [0.15, 0.2) is 24.3 Å². The van der Waals surface area contributed by atoms with Crippen molar-refractivity contribution in [1.29, 1.82) is 0 Å². The average Bonchev–Trinajstić information content (AvgIpc) is 2.91. The number of hydrogen-bond donors (Lipinski definition) is 0. The lowest BCUT2D eigenvalue weighted by molar-refractivity contribution is -0.128. The SMILES string of the molecule is C[C@H]1C[C@H](C)CN(C(=O)/C=C/c2ccc3c(c2)OCO3)C1. The predicted molar refractivity (Wildman–Crippen MR) is 81.1 cm³/mol. The number of nitrogens with zero attached hydrogens (tertiary/aromatic N) is 1. The Morgan fingerprint density at radius 3 is 2.67 bits per heavy atom. The van der Waals surface area contributed by atoms with Crippen LogP contribution in [0.25, 0.3) is 6.08 Å². The highest BCUT2D eigenvalue weighted by atomic mass is 16.7. The highest BCUT2D eigenvalue weighted by molar-refractivity contribution is 5.92. The van der Waals surface area contributed by atoms with Crippen LogP contribution in [0.2, 0.25) is 0 Å². The molecule has 112 valence electrons.